The molecular formula is C28H29ClN4O5. The van der Waals surface area contributed by atoms with E-state index >= 15 is 0 Å². The van der Waals surface area contributed by atoms with E-state index < -0.39 is 18.0 Å². The second-order valence-corrected chi connectivity index (χ2v) is 9.70. The van der Waals surface area contributed by atoms with Crippen molar-refractivity contribution in [3.63, 3.8) is 0 Å². The van der Waals surface area contributed by atoms with Crippen LogP contribution in [0.2, 0.25) is 5.02 Å². The van der Waals surface area contributed by atoms with Gasteiger partial charge >= 0.3 is 12.0 Å². The number of rotatable bonds is 9. The molecule has 0 saturated carbocycles. The number of phenols is 1. The molecule has 0 bridgehead atoms. The molecule has 3 amide bonds. The van der Waals surface area contributed by atoms with E-state index in [0.29, 0.717) is 17.3 Å². The number of aromatic hydroxyl groups is 1. The number of carboxylic acid groups (broad SMARTS) is 1. The summed E-state index contributed by atoms with van der Waals surface area (Å²) in [5.41, 5.74) is 2.36. The number of carboxylic acids is 1. The molecule has 0 aliphatic carbocycles. The molecule has 1 aliphatic heterocycles. The van der Waals surface area contributed by atoms with Gasteiger partial charge in [0.2, 0.25) is 5.91 Å². The molecular weight excluding hydrogens is 508 g/mol. The molecule has 1 unspecified atom stereocenters. The van der Waals surface area contributed by atoms with Crippen LogP contribution in [-0.4, -0.2) is 58.2 Å². The summed E-state index contributed by atoms with van der Waals surface area (Å²) in [6.07, 6.45) is 0.997. The predicted octanol–water partition coefficient (Wildman–Crippen LogP) is 3.87. The molecule has 3 aromatic rings. The van der Waals surface area contributed by atoms with Gasteiger partial charge in [0.15, 0.2) is 0 Å². The van der Waals surface area contributed by atoms with Gasteiger partial charge in [0.1, 0.15) is 11.8 Å². The first kappa shape index (κ1) is 27.0. The number of urea groups is 1. The average molecular weight is 537 g/mol. The highest BCUT2D eigenvalue weighted by molar-refractivity contribution is 6.30. The van der Waals surface area contributed by atoms with Gasteiger partial charge in [-0.2, -0.15) is 0 Å². The van der Waals surface area contributed by atoms with Gasteiger partial charge in [0, 0.05) is 42.8 Å². The fourth-order valence-corrected chi connectivity index (χ4v) is 4.60. The Bertz CT molecular complexity index is 1280. The van der Waals surface area contributed by atoms with Crippen molar-refractivity contribution in [1.29, 1.82) is 0 Å². The van der Waals surface area contributed by atoms with Gasteiger partial charge in [-0.15, -0.1) is 0 Å². The maximum absolute atomic E-state index is 13.3. The topological polar surface area (TPSA) is 131 Å². The third kappa shape index (κ3) is 7.71. The number of halogens is 1. The van der Waals surface area contributed by atoms with Crippen LogP contribution in [0.15, 0.2) is 72.8 Å². The minimum atomic E-state index is -1.07. The molecule has 1 heterocycles. The zero-order valence-electron chi connectivity index (χ0n) is 20.6. The Labute approximate surface area is 225 Å². The van der Waals surface area contributed by atoms with Gasteiger partial charge in [-0.25, -0.2) is 9.59 Å². The Kier molecular flexibility index (Phi) is 8.83. The summed E-state index contributed by atoms with van der Waals surface area (Å²) in [5, 5.41) is 27.8. The Hall–Kier alpha value is -4.08. The Morgan fingerprint density at radius 2 is 1.74 bits per heavy atom. The zero-order valence-corrected chi connectivity index (χ0v) is 21.3. The van der Waals surface area contributed by atoms with Crippen LogP contribution in [0.3, 0.4) is 0 Å². The number of amides is 3. The minimum Gasteiger partial charge on any atom is -0.508 e. The Morgan fingerprint density at radius 3 is 2.42 bits per heavy atom. The fraction of sp³-hybridized carbons (Fsp3) is 0.250. The molecule has 198 valence electrons. The second kappa shape index (κ2) is 12.4. The standard InChI is InChI=1S/C28H29ClN4O5/c29-21-3-1-2-19(14-21)16-33-13-12-23(17-33)30-26(35)25(15-18-4-10-24(34)11-5-18)32-28(38)31-22-8-6-20(7-9-22)27(36)37/h1-11,14,23,25,34H,12-13,15-17H2,(H,30,35)(H,36,37)(H2,31,32,38)/t23?,25-/m0/s1. The Balaban J connectivity index is 1.38. The first-order valence-corrected chi connectivity index (χ1v) is 12.6. The number of hydrogen-bond acceptors (Lipinski definition) is 5. The van der Waals surface area contributed by atoms with E-state index in [0.717, 1.165) is 30.6 Å². The molecule has 3 aromatic carbocycles. The van der Waals surface area contributed by atoms with Gasteiger partial charge in [0.25, 0.3) is 0 Å². The maximum atomic E-state index is 13.3. The number of nitrogens with one attached hydrogen (secondary N) is 3. The van der Waals surface area contributed by atoms with Crippen LogP contribution < -0.4 is 16.0 Å². The normalized spacial score (nSPS) is 16.0. The molecule has 1 aliphatic rings. The number of nitrogens with zero attached hydrogens (tertiary/aromatic N) is 1. The van der Waals surface area contributed by atoms with Crippen LogP contribution in [0.5, 0.6) is 5.75 Å². The van der Waals surface area contributed by atoms with E-state index in [-0.39, 0.29) is 29.7 Å². The molecule has 0 radical (unpaired) electrons. The average Bonchev–Trinajstić information content (AvgIpc) is 3.31. The highest BCUT2D eigenvalue weighted by Gasteiger charge is 2.28. The van der Waals surface area contributed by atoms with Crippen molar-refractivity contribution in [2.45, 2.75) is 31.5 Å². The SMILES string of the molecule is O=C(Nc1ccc(C(=O)O)cc1)N[C@@H](Cc1ccc(O)cc1)C(=O)NC1CCN(Cc2cccc(Cl)c2)C1. The van der Waals surface area contributed by atoms with E-state index in [1.54, 1.807) is 12.1 Å². The number of anilines is 1. The Morgan fingerprint density at radius 1 is 1.00 bits per heavy atom. The smallest absolute Gasteiger partial charge is 0.335 e. The molecule has 0 aromatic heterocycles. The van der Waals surface area contributed by atoms with Gasteiger partial charge in [-0.05, 0) is 66.1 Å². The molecule has 1 saturated heterocycles. The summed E-state index contributed by atoms with van der Waals surface area (Å²) >= 11 is 6.10. The molecule has 1 fully saturated rings. The van der Waals surface area contributed by atoms with Crippen LogP contribution in [-0.2, 0) is 17.8 Å². The highest BCUT2D eigenvalue weighted by Crippen LogP contribution is 2.18. The van der Waals surface area contributed by atoms with Gasteiger partial charge in [-0.1, -0.05) is 35.9 Å². The minimum absolute atomic E-state index is 0.0718. The lowest BCUT2D eigenvalue weighted by molar-refractivity contribution is -0.123. The lowest BCUT2D eigenvalue weighted by Crippen LogP contribution is -2.52. The number of carbonyl (C=O) groups is 3. The number of carbonyl (C=O) groups excluding carboxylic acids is 2. The van der Waals surface area contributed by atoms with Gasteiger partial charge in [-0.3, -0.25) is 9.69 Å². The quantitative estimate of drug-likeness (QED) is 0.282. The molecule has 9 nitrogen and oxygen atoms in total. The van der Waals surface area contributed by atoms with Gasteiger partial charge in [0.05, 0.1) is 5.56 Å². The predicted molar refractivity (Wildman–Crippen MR) is 144 cm³/mol. The van der Waals surface area contributed by atoms with Crippen molar-refractivity contribution < 1.29 is 24.6 Å². The van der Waals surface area contributed by atoms with Crippen molar-refractivity contribution in [1.82, 2.24) is 15.5 Å². The zero-order chi connectivity index (χ0) is 27.1. The second-order valence-electron chi connectivity index (χ2n) is 9.26. The summed E-state index contributed by atoms with van der Waals surface area (Å²) < 4.78 is 0. The third-order valence-corrected chi connectivity index (χ3v) is 6.54. The van der Waals surface area contributed by atoms with Crippen molar-refractivity contribution in [2.75, 3.05) is 18.4 Å². The van der Waals surface area contributed by atoms with E-state index in [9.17, 15) is 19.5 Å². The molecule has 4 rings (SSSR count). The lowest BCUT2D eigenvalue weighted by atomic mass is 10.0. The highest BCUT2D eigenvalue weighted by atomic mass is 35.5. The summed E-state index contributed by atoms with van der Waals surface area (Å²) in [5.74, 6) is -1.27. The van der Waals surface area contributed by atoms with E-state index in [2.05, 4.69) is 20.9 Å². The number of phenolic OH excluding ortho intramolecular Hbond substituents is 1. The van der Waals surface area contributed by atoms with E-state index in [1.807, 2.05) is 24.3 Å². The number of likely N-dealkylation sites (tertiary alicyclic amines) is 1. The lowest BCUT2D eigenvalue weighted by Gasteiger charge is -2.22. The molecule has 0 spiro atoms. The van der Waals surface area contributed by atoms with Crippen molar-refractivity contribution in [3.05, 3.63) is 94.5 Å². The van der Waals surface area contributed by atoms with Crippen molar-refractivity contribution in [2.24, 2.45) is 0 Å². The van der Waals surface area contributed by atoms with Crippen LogP contribution >= 0.6 is 11.6 Å². The van der Waals surface area contributed by atoms with Crippen LogP contribution in [0.4, 0.5) is 10.5 Å². The fourth-order valence-electron chi connectivity index (χ4n) is 4.39. The van der Waals surface area contributed by atoms with Gasteiger partial charge < -0.3 is 26.2 Å². The molecule has 2 atom stereocenters. The summed E-state index contributed by atoms with van der Waals surface area (Å²) in [7, 11) is 0. The van der Waals surface area contributed by atoms with Crippen LogP contribution in [0.25, 0.3) is 0 Å². The first-order chi connectivity index (χ1) is 18.2. The van der Waals surface area contributed by atoms with E-state index in [1.165, 1.54) is 36.4 Å². The number of aromatic carboxylic acids is 1. The summed E-state index contributed by atoms with van der Waals surface area (Å²) in [4.78, 5) is 39.3. The van der Waals surface area contributed by atoms with Crippen molar-refractivity contribution >= 4 is 35.2 Å². The van der Waals surface area contributed by atoms with Crippen LogP contribution in [0, 0.1) is 0 Å². The van der Waals surface area contributed by atoms with Crippen LogP contribution in [0.1, 0.15) is 27.9 Å². The first-order valence-electron chi connectivity index (χ1n) is 12.2. The summed E-state index contributed by atoms with van der Waals surface area (Å²) in [6.45, 7) is 2.22. The third-order valence-electron chi connectivity index (χ3n) is 6.30. The maximum Gasteiger partial charge on any atom is 0.335 e. The molecule has 5 N–H and O–H groups in total. The molecule has 10 heteroatoms. The largest absolute Gasteiger partial charge is 0.508 e. The number of hydrogen-bond donors (Lipinski definition) is 5. The number of benzene rings is 3. The van der Waals surface area contributed by atoms with E-state index in [4.69, 9.17) is 16.7 Å². The summed E-state index contributed by atoms with van der Waals surface area (Å²) in [6, 6.07) is 18.3. The molecule has 38 heavy (non-hydrogen) atoms. The van der Waals surface area contributed by atoms with Crippen molar-refractivity contribution in [3.8, 4) is 5.75 Å². The monoisotopic (exact) mass is 536 g/mol.